The van der Waals surface area contributed by atoms with Crippen LogP contribution in [0.5, 0.6) is 0 Å². The topological polar surface area (TPSA) is 16.4 Å². The summed E-state index contributed by atoms with van der Waals surface area (Å²) < 4.78 is 8.94. The van der Waals surface area contributed by atoms with Gasteiger partial charge in [0, 0.05) is 48.0 Å². The predicted molar refractivity (Wildman–Crippen MR) is 261 cm³/mol. The molecule has 0 aliphatic heterocycles. The molecule has 0 saturated heterocycles. The molecule has 0 aliphatic carbocycles. The van der Waals surface area contributed by atoms with Crippen LogP contribution < -0.4 is 4.90 Å². The van der Waals surface area contributed by atoms with Gasteiger partial charge in [0.1, 0.15) is 11.2 Å². The minimum absolute atomic E-state index is 0.894. The second-order valence-electron chi connectivity index (χ2n) is 15.6. The van der Waals surface area contributed by atoms with Crippen molar-refractivity contribution in [2.45, 2.75) is 0 Å². The average molecular weight is 796 g/mol. The zero-order valence-electron chi connectivity index (χ0n) is 33.1. The van der Waals surface area contributed by atoms with E-state index in [2.05, 4.69) is 217 Å². The predicted octanol–water partition coefficient (Wildman–Crippen LogP) is 17.2. The third-order valence-corrected chi connectivity index (χ3v) is 13.3. The van der Waals surface area contributed by atoms with Crippen LogP contribution in [0.3, 0.4) is 0 Å². The quantitative estimate of drug-likeness (QED) is 0.160. The van der Waals surface area contributed by atoms with Crippen LogP contribution in [0.1, 0.15) is 0 Å². The van der Waals surface area contributed by atoms with E-state index >= 15 is 0 Å². The lowest BCUT2D eigenvalue weighted by atomic mass is 9.96. The number of furan rings is 1. The van der Waals surface area contributed by atoms with E-state index in [1.807, 2.05) is 23.5 Å². The van der Waals surface area contributed by atoms with Crippen molar-refractivity contribution in [2.75, 3.05) is 4.90 Å². The van der Waals surface area contributed by atoms with Gasteiger partial charge in [-0.15, -0.1) is 11.3 Å². The number of anilines is 3. The van der Waals surface area contributed by atoms with E-state index in [0.29, 0.717) is 0 Å². The van der Waals surface area contributed by atoms with Gasteiger partial charge in [0.2, 0.25) is 0 Å². The molecule has 0 bridgehead atoms. The first kappa shape index (κ1) is 35.2. The van der Waals surface area contributed by atoms with Crippen LogP contribution in [-0.2, 0) is 0 Å². The Bertz CT molecular complexity index is 3570. The minimum Gasteiger partial charge on any atom is -0.456 e. The fraction of sp³-hybridized carbons (Fsp3) is 0. The van der Waals surface area contributed by atoms with Crippen LogP contribution in [0, 0.1) is 0 Å². The van der Waals surface area contributed by atoms with E-state index in [1.54, 1.807) is 0 Å². The molecule has 0 atom stereocenters. The second kappa shape index (κ2) is 14.5. The van der Waals surface area contributed by atoms with E-state index in [9.17, 15) is 0 Å². The molecular formula is C58H37NOS. The summed E-state index contributed by atoms with van der Waals surface area (Å²) in [6.45, 7) is 0. The van der Waals surface area contributed by atoms with Gasteiger partial charge >= 0.3 is 0 Å². The number of nitrogens with zero attached hydrogens (tertiary/aromatic N) is 1. The molecule has 2 aromatic heterocycles. The summed E-state index contributed by atoms with van der Waals surface area (Å²) in [5, 5.41) is 7.41. The van der Waals surface area contributed by atoms with Gasteiger partial charge in [-0.1, -0.05) is 170 Å². The van der Waals surface area contributed by atoms with E-state index in [4.69, 9.17) is 4.42 Å². The maximum Gasteiger partial charge on any atom is 0.136 e. The summed E-state index contributed by atoms with van der Waals surface area (Å²) in [6, 6.07) is 81.1. The Labute approximate surface area is 357 Å². The summed E-state index contributed by atoms with van der Waals surface area (Å²) in [5.41, 5.74) is 14.6. The normalized spacial score (nSPS) is 11.6. The van der Waals surface area contributed by atoms with Crippen LogP contribution in [0.25, 0.3) is 97.4 Å². The largest absolute Gasteiger partial charge is 0.456 e. The van der Waals surface area contributed by atoms with Crippen molar-refractivity contribution < 1.29 is 4.42 Å². The van der Waals surface area contributed by atoms with Crippen molar-refractivity contribution in [2.24, 2.45) is 0 Å². The fourth-order valence-corrected chi connectivity index (χ4v) is 10.4. The van der Waals surface area contributed by atoms with Crippen LogP contribution in [-0.4, -0.2) is 0 Å². The Balaban J connectivity index is 0.943. The van der Waals surface area contributed by atoms with Crippen LogP contribution in [0.2, 0.25) is 0 Å². The average Bonchev–Trinajstić information content (AvgIpc) is 3.91. The van der Waals surface area contributed by atoms with Crippen molar-refractivity contribution in [1.82, 2.24) is 0 Å². The van der Waals surface area contributed by atoms with Gasteiger partial charge < -0.3 is 9.32 Å². The zero-order valence-corrected chi connectivity index (χ0v) is 33.9. The van der Waals surface area contributed by atoms with E-state index in [1.165, 1.54) is 64.3 Å². The number of rotatable bonds is 7. The van der Waals surface area contributed by atoms with Gasteiger partial charge in [0.05, 0.1) is 0 Å². The first-order valence-corrected chi connectivity index (χ1v) is 21.6. The highest BCUT2D eigenvalue weighted by Gasteiger charge is 2.18. The molecule has 61 heavy (non-hydrogen) atoms. The molecule has 0 spiro atoms. The molecule has 12 aromatic rings. The minimum atomic E-state index is 0.894. The molecule has 0 aliphatic rings. The van der Waals surface area contributed by atoms with Crippen molar-refractivity contribution in [3.05, 3.63) is 224 Å². The molecule has 12 rings (SSSR count). The van der Waals surface area contributed by atoms with E-state index < -0.39 is 0 Å². The number of thiophene rings is 1. The van der Waals surface area contributed by atoms with Crippen molar-refractivity contribution >= 4 is 81.3 Å². The third-order valence-electron chi connectivity index (χ3n) is 12.1. The Morgan fingerprint density at radius 3 is 1.69 bits per heavy atom. The number of fused-ring (bicyclic) bond motifs is 7. The maximum atomic E-state index is 6.31. The lowest BCUT2D eigenvalue weighted by Crippen LogP contribution is -2.10. The second-order valence-corrected chi connectivity index (χ2v) is 16.7. The highest BCUT2D eigenvalue weighted by molar-refractivity contribution is 7.26. The third kappa shape index (κ3) is 6.09. The van der Waals surface area contributed by atoms with Gasteiger partial charge in [-0.3, -0.25) is 0 Å². The highest BCUT2D eigenvalue weighted by Crippen LogP contribution is 2.43. The molecule has 2 heterocycles. The summed E-state index contributed by atoms with van der Waals surface area (Å²) in [4.78, 5) is 2.37. The first-order chi connectivity index (χ1) is 30.2. The number of benzene rings is 10. The molecule has 2 nitrogen and oxygen atoms in total. The first-order valence-electron chi connectivity index (χ1n) is 20.7. The van der Waals surface area contributed by atoms with Crippen LogP contribution in [0.15, 0.2) is 229 Å². The summed E-state index contributed by atoms with van der Waals surface area (Å²) in [5.74, 6) is 0. The molecule has 0 amide bonds. The van der Waals surface area contributed by atoms with Crippen molar-refractivity contribution in [3.8, 4) is 44.5 Å². The van der Waals surface area contributed by atoms with Crippen LogP contribution in [0.4, 0.5) is 17.1 Å². The molecule has 0 unspecified atom stereocenters. The lowest BCUT2D eigenvalue weighted by molar-refractivity contribution is 0.669. The highest BCUT2D eigenvalue weighted by atomic mass is 32.1. The molecular weight excluding hydrogens is 759 g/mol. The van der Waals surface area contributed by atoms with Gasteiger partial charge in [-0.2, -0.15) is 0 Å². The molecule has 10 aromatic carbocycles. The molecule has 0 fully saturated rings. The Kier molecular flexibility index (Phi) is 8.39. The smallest absolute Gasteiger partial charge is 0.136 e. The summed E-state index contributed by atoms with van der Waals surface area (Å²) in [7, 11) is 0. The molecule has 0 N–H and O–H groups in total. The van der Waals surface area contributed by atoms with Gasteiger partial charge in [-0.05, 0) is 110 Å². The Hall–Kier alpha value is -7.72. The van der Waals surface area contributed by atoms with E-state index in [-0.39, 0.29) is 0 Å². The monoisotopic (exact) mass is 795 g/mol. The summed E-state index contributed by atoms with van der Waals surface area (Å²) in [6.07, 6.45) is 0. The Morgan fingerprint density at radius 1 is 0.328 bits per heavy atom. The lowest BCUT2D eigenvalue weighted by Gasteiger charge is -2.26. The number of para-hydroxylation sites is 1. The van der Waals surface area contributed by atoms with Crippen LogP contribution >= 0.6 is 11.3 Å². The standard InChI is InChI=1S/C58H37NOS/c1-2-15-47-40(11-1)12-8-18-48(47)41-27-25-38(26-28-41)39-29-33-44(34-30-39)59(45-35-31-42(32-36-45)50-20-9-21-52-51-16-4-6-24-56(51)61-58(50)52)46-14-7-13-43(37-46)49-19-10-23-55-57(49)53-17-3-5-22-54(53)60-55/h1-37H. The number of hydrogen-bond donors (Lipinski definition) is 0. The molecule has 0 saturated carbocycles. The van der Waals surface area contributed by atoms with Crippen molar-refractivity contribution in [1.29, 1.82) is 0 Å². The summed E-state index contributed by atoms with van der Waals surface area (Å²) >= 11 is 1.87. The SMILES string of the molecule is c1cc(-c2cccc3oc4ccccc4c23)cc(N(c2ccc(-c3ccc(-c4cccc5ccccc45)cc3)cc2)c2ccc(-c3cccc4c3sc3ccccc34)cc2)c1. The molecule has 3 heteroatoms. The van der Waals surface area contributed by atoms with Gasteiger partial charge in [-0.25, -0.2) is 0 Å². The van der Waals surface area contributed by atoms with Gasteiger partial charge in [0.15, 0.2) is 0 Å². The molecule has 0 radical (unpaired) electrons. The number of hydrogen-bond acceptors (Lipinski definition) is 3. The maximum absolute atomic E-state index is 6.31. The molecule has 286 valence electrons. The van der Waals surface area contributed by atoms with Gasteiger partial charge in [0.25, 0.3) is 0 Å². The fourth-order valence-electron chi connectivity index (χ4n) is 9.16. The zero-order chi connectivity index (χ0) is 40.3. The van der Waals surface area contributed by atoms with E-state index in [0.717, 1.165) is 50.1 Å². The Morgan fingerprint density at radius 2 is 0.869 bits per heavy atom. The van der Waals surface area contributed by atoms with Crippen molar-refractivity contribution in [3.63, 3.8) is 0 Å².